The molecule has 10 heteroatoms. The molecule has 0 fully saturated rings. The molecular weight excluding hydrogens is 387 g/mol. The van der Waals surface area contributed by atoms with Gasteiger partial charge in [-0.15, -0.1) is 10.2 Å². The Bertz CT molecular complexity index is 963. The van der Waals surface area contributed by atoms with Crippen LogP contribution in [0.15, 0.2) is 34.3 Å². The maximum atomic E-state index is 14.1. The number of nitrogens with zero attached hydrogens (tertiary/aromatic N) is 4. The smallest absolute Gasteiger partial charge is 0.252 e. The molecule has 0 atom stereocenters. The zero-order valence-corrected chi connectivity index (χ0v) is 15.0. The minimum Gasteiger partial charge on any atom is -0.301 e. The highest BCUT2D eigenvalue weighted by Gasteiger charge is 2.25. The largest absolute Gasteiger partial charge is 0.301 e. The van der Waals surface area contributed by atoms with Gasteiger partial charge < -0.3 is 4.57 Å². The van der Waals surface area contributed by atoms with Gasteiger partial charge in [0.15, 0.2) is 22.6 Å². The zero-order chi connectivity index (χ0) is 19.7. The summed E-state index contributed by atoms with van der Waals surface area (Å²) in [6.45, 7) is 4.03. The molecule has 0 unspecified atom stereocenters. The highest BCUT2D eigenvalue weighted by molar-refractivity contribution is 7.99. The summed E-state index contributed by atoms with van der Waals surface area (Å²) in [5.74, 6) is -7.16. The number of aromatic nitrogens is 4. The van der Waals surface area contributed by atoms with Gasteiger partial charge >= 0.3 is 0 Å². The van der Waals surface area contributed by atoms with Crippen LogP contribution >= 0.6 is 11.8 Å². The second-order valence-corrected chi connectivity index (χ2v) is 7.02. The van der Waals surface area contributed by atoms with Crippen molar-refractivity contribution in [2.75, 3.05) is 0 Å². The first kappa shape index (κ1) is 19.3. The molecule has 2 heterocycles. The number of pyridine rings is 1. The van der Waals surface area contributed by atoms with Crippen LogP contribution in [0.2, 0.25) is 0 Å². The Morgan fingerprint density at radius 1 is 0.963 bits per heavy atom. The van der Waals surface area contributed by atoms with Gasteiger partial charge in [0.2, 0.25) is 0 Å². The Labute approximate surface area is 155 Å². The number of hydrogen-bond donors (Lipinski definition) is 0. The van der Waals surface area contributed by atoms with Gasteiger partial charge in [-0.25, -0.2) is 13.2 Å². The average molecular weight is 400 g/mol. The van der Waals surface area contributed by atoms with Crippen LogP contribution in [0.4, 0.5) is 22.0 Å². The van der Waals surface area contributed by atoms with Crippen LogP contribution in [-0.2, 0) is 6.54 Å². The summed E-state index contributed by atoms with van der Waals surface area (Å²) in [6.07, 6.45) is 0. The summed E-state index contributed by atoms with van der Waals surface area (Å²) in [4.78, 5) is 1.59. The minimum absolute atomic E-state index is 0.0373. The minimum atomic E-state index is -1.76. The molecule has 0 saturated heterocycles. The lowest BCUT2D eigenvalue weighted by molar-refractivity contribution is 0.383. The van der Waals surface area contributed by atoms with Gasteiger partial charge in [-0.05, 0) is 29.8 Å². The fourth-order valence-corrected chi connectivity index (χ4v) is 3.27. The van der Waals surface area contributed by atoms with E-state index in [0.717, 1.165) is 0 Å². The van der Waals surface area contributed by atoms with E-state index in [1.165, 1.54) is 22.8 Å². The number of halogens is 5. The molecule has 0 spiro atoms. The first-order valence-corrected chi connectivity index (χ1v) is 8.67. The summed E-state index contributed by atoms with van der Waals surface area (Å²) in [6, 6.07) is 5.83. The van der Waals surface area contributed by atoms with Crippen LogP contribution < -0.4 is 0 Å². The molecule has 0 saturated carbocycles. The first-order valence-electron chi connectivity index (χ1n) is 7.85. The van der Waals surface area contributed by atoms with Crippen molar-refractivity contribution in [1.29, 1.82) is 0 Å². The average Bonchev–Trinajstić information content (AvgIpc) is 2.99. The van der Waals surface area contributed by atoms with E-state index in [1.807, 2.05) is 13.8 Å². The van der Waals surface area contributed by atoms with E-state index in [1.54, 1.807) is 6.07 Å². The lowest BCUT2D eigenvalue weighted by Crippen LogP contribution is -2.09. The molecule has 4 nitrogen and oxygen atoms in total. The normalized spacial score (nSPS) is 11.4. The Balaban J connectivity index is 2.12. The van der Waals surface area contributed by atoms with E-state index in [4.69, 9.17) is 0 Å². The molecule has 0 aliphatic carbocycles. The summed E-state index contributed by atoms with van der Waals surface area (Å²) in [7, 11) is 0. The lowest BCUT2D eigenvalue weighted by Gasteiger charge is -2.13. The van der Waals surface area contributed by atoms with Crippen LogP contribution in [-0.4, -0.2) is 19.7 Å². The summed E-state index contributed by atoms with van der Waals surface area (Å²) in [5, 5.41) is 7.70. The van der Waals surface area contributed by atoms with Crippen LogP contribution in [0, 0.1) is 35.3 Å². The topological polar surface area (TPSA) is 43.6 Å². The summed E-state index contributed by atoms with van der Waals surface area (Å²) in [5.41, 5.74) is 0.144. The van der Waals surface area contributed by atoms with Crippen LogP contribution in [0.5, 0.6) is 0 Å². The SMILES string of the molecule is CC(C)Cn1c(Sc2c(F)c(F)nc(F)c2F)nnc1-c1ccccc1F. The quantitative estimate of drug-likeness (QED) is 0.454. The van der Waals surface area contributed by atoms with Crippen molar-refractivity contribution < 1.29 is 22.0 Å². The Morgan fingerprint density at radius 2 is 1.59 bits per heavy atom. The van der Waals surface area contributed by atoms with Crippen molar-refractivity contribution in [3.8, 4) is 11.4 Å². The van der Waals surface area contributed by atoms with Gasteiger partial charge in [0.05, 0.1) is 10.5 Å². The van der Waals surface area contributed by atoms with Crippen LogP contribution in [0.25, 0.3) is 11.4 Å². The molecule has 3 aromatic rings. The second kappa shape index (κ2) is 7.63. The van der Waals surface area contributed by atoms with Crippen molar-refractivity contribution in [2.24, 2.45) is 5.92 Å². The third kappa shape index (κ3) is 3.80. The van der Waals surface area contributed by atoms with Gasteiger partial charge in [-0.1, -0.05) is 26.0 Å². The fourth-order valence-electron chi connectivity index (χ4n) is 2.38. The van der Waals surface area contributed by atoms with Crippen molar-refractivity contribution in [3.63, 3.8) is 0 Å². The van der Waals surface area contributed by atoms with E-state index < -0.39 is 34.2 Å². The first-order chi connectivity index (χ1) is 12.8. The predicted octanol–water partition coefficient (Wildman–Crippen LogP) is 4.84. The molecule has 0 radical (unpaired) electrons. The molecule has 2 aromatic heterocycles. The molecule has 0 N–H and O–H groups in total. The molecule has 0 aliphatic rings. The molecular formula is C17H13F5N4S. The van der Waals surface area contributed by atoms with Gasteiger partial charge in [0.25, 0.3) is 11.9 Å². The van der Waals surface area contributed by atoms with E-state index in [0.29, 0.717) is 11.8 Å². The molecule has 27 heavy (non-hydrogen) atoms. The monoisotopic (exact) mass is 400 g/mol. The molecule has 1 aromatic carbocycles. The van der Waals surface area contributed by atoms with Gasteiger partial charge in [-0.3, -0.25) is 0 Å². The molecule has 0 amide bonds. The van der Waals surface area contributed by atoms with Crippen LogP contribution in [0.1, 0.15) is 13.8 Å². The molecule has 0 aliphatic heterocycles. The van der Waals surface area contributed by atoms with E-state index in [-0.39, 0.29) is 29.0 Å². The third-order valence-corrected chi connectivity index (χ3v) is 4.58. The Hall–Kier alpha value is -2.49. The van der Waals surface area contributed by atoms with E-state index in [9.17, 15) is 22.0 Å². The van der Waals surface area contributed by atoms with Crippen molar-refractivity contribution in [1.82, 2.24) is 19.7 Å². The van der Waals surface area contributed by atoms with Crippen molar-refractivity contribution in [2.45, 2.75) is 30.4 Å². The number of hydrogen-bond acceptors (Lipinski definition) is 4. The van der Waals surface area contributed by atoms with Gasteiger partial charge in [0, 0.05) is 6.54 Å². The summed E-state index contributed by atoms with van der Waals surface area (Å²) >= 11 is 0.356. The highest BCUT2D eigenvalue weighted by atomic mass is 32.2. The molecule has 0 bridgehead atoms. The van der Waals surface area contributed by atoms with Gasteiger partial charge in [0.1, 0.15) is 5.82 Å². The third-order valence-electron chi connectivity index (χ3n) is 3.53. The summed E-state index contributed by atoms with van der Waals surface area (Å²) < 4.78 is 70.2. The molecule has 3 rings (SSSR count). The Morgan fingerprint density at radius 3 is 2.19 bits per heavy atom. The van der Waals surface area contributed by atoms with Crippen LogP contribution in [0.3, 0.4) is 0 Å². The fraction of sp³-hybridized carbons (Fsp3) is 0.235. The van der Waals surface area contributed by atoms with E-state index >= 15 is 0 Å². The molecule has 142 valence electrons. The standard InChI is InChI=1S/C17H13F5N4S/c1-8(2)7-26-16(9-5-3-4-6-10(9)18)24-25-17(26)27-13-11(19)14(21)23-15(22)12(13)20/h3-6,8H,7H2,1-2H3. The van der Waals surface area contributed by atoms with E-state index in [2.05, 4.69) is 15.2 Å². The maximum Gasteiger partial charge on any atom is 0.252 e. The lowest BCUT2D eigenvalue weighted by atomic mass is 10.2. The van der Waals surface area contributed by atoms with Crippen molar-refractivity contribution in [3.05, 3.63) is 53.6 Å². The zero-order valence-electron chi connectivity index (χ0n) is 14.2. The van der Waals surface area contributed by atoms with Crippen molar-refractivity contribution >= 4 is 11.8 Å². The maximum absolute atomic E-state index is 14.1. The highest BCUT2D eigenvalue weighted by Crippen LogP contribution is 2.35. The second-order valence-electron chi connectivity index (χ2n) is 6.04. The van der Waals surface area contributed by atoms with Gasteiger partial charge in [-0.2, -0.15) is 13.8 Å². The number of rotatable bonds is 5. The number of benzene rings is 1. The predicted molar refractivity (Wildman–Crippen MR) is 88.4 cm³/mol. The Kier molecular flexibility index (Phi) is 5.45.